The maximum absolute atomic E-state index is 12.0. The number of carbonyl (C=O) groups excluding carboxylic acids is 1. The molecule has 0 radical (unpaired) electrons. The number of amides is 1. The van der Waals surface area contributed by atoms with Gasteiger partial charge in [-0.05, 0) is 25.0 Å². The molecule has 3 rings (SSSR count). The van der Waals surface area contributed by atoms with Gasteiger partial charge in [0.1, 0.15) is 0 Å². The van der Waals surface area contributed by atoms with E-state index in [9.17, 15) is 9.59 Å². The molecule has 0 spiro atoms. The van der Waals surface area contributed by atoms with Crippen LogP contribution in [0.15, 0.2) is 35.6 Å². The van der Waals surface area contributed by atoms with Crippen LogP contribution in [0.4, 0.5) is 5.82 Å². The molecule has 1 amide bonds. The molecule has 0 aliphatic carbocycles. The summed E-state index contributed by atoms with van der Waals surface area (Å²) in [7, 11) is 0. The number of rotatable bonds is 4. The maximum Gasteiger partial charge on any atom is 0.303 e. The molecule has 112 valence electrons. The van der Waals surface area contributed by atoms with Crippen LogP contribution in [0.5, 0.6) is 0 Å². The molecule has 1 aromatic carbocycles. The monoisotopic (exact) mass is 298 g/mol. The van der Waals surface area contributed by atoms with Crippen LogP contribution < -0.4 is 5.01 Å². The fourth-order valence-corrected chi connectivity index (χ4v) is 2.26. The molecule has 0 fully saturated rings. The zero-order chi connectivity index (χ0) is 15.5. The highest BCUT2D eigenvalue weighted by Gasteiger charge is 2.23. The molecule has 2 aromatic rings. The summed E-state index contributed by atoms with van der Waals surface area (Å²) in [4.78, 5) is 31.4. The first-order chi connectivity index (χ1) is 10.6. The number of hydrogen-bond donors (Lipinski definition) is 1. The minimum atomic E-state index is -0.878. The lowest BCUT2D eigenvalue weighted by Crippen LogP contribution is -2.32. The fourth-order valence-electron chi connectivity index (χ4n) is 2.26. The summed E-state index contributed by atoms with van der Waals surface area (Å²) in [5, 5.41) is 14.2. The highest BCUT2D eigenvalue weighted by molar-refractivity contribution is 6.02. The third-order valence-corrected chi connectivity index (χ3v) is 3.39. The molecule has 1 aromatic heterocycles. The normalized spacial score (nSPS) is 15.0. The van der Waals surface area contributed by atoms with Crippen molar-refractivity contribution in [3.8, 4) is 0 Å². The number of carbonyl (C=O) groups is 2. The third-order valence-electron chi connectivity index (χ3n) is 3.39. The lowest BCUT2D eigenvalue weighted by atomic mass is 10.1. The number of benzene rings is 1. The van der Waals surface area contributed by atoms with E-state index in [1.165, 1.54) is 11.2 Å². The van der Waals surface area contributed by atoms with Crippen molar-refractivity contribution in [2.75, 3.05) is 5.01 Å². The van der Waals surface area contributed by atoms with Crippen molar-refractivity contribution < 1.29 is 14.7 Å². The lowest BCUT2D eigenvalue weighted by molar-refractivity contribution is -0.136. The second-order valence-electron chi connectivity index (χ2n) is 4.98. The molecule has 1 aliphatic heterocycles. The van der Waals surface area contributed by atoms with Crippen molar-refractivity contribution in [3.05, 3.63) is 30.5 Å². The minimum Gasteiger partial charge on any atom is -0.481 e. The van der Waals surface area contributed by atoms with E-state index < -0.39 is 5.97 Å². The van der Waals surface area contributed by atoms with Crippen molar-refractivity contribution in [1.82, 2.24) is 9.97 Å². The highest BCUT2D eigenvalue weighted by atomic mass is 16.4. The number of carboxylic acids is 1. The van der Waals surface area contributed by atoms with Crippen molar-refractivity contribution in [1.29, 1.82) is 0 Å². The Kier molecular flexibility index (Phi) is 3.78. The number of aliphatic carboxylic acids is 1. The largest absolute Gasteiger partial charge is 0.481 e. The van der Waals surface area contributed by atoms with Crippen LogP contribution >= 0.6 is 0 Å². The zero-order valence-electron chi connectivity index (χ0n) is 11.8. The van der Waals surface area contributed by atoms with Gasteiger partial charge < -0.3 is 5.11 Å². The second-order valence-corrected chi connectivity index (χ2v) is 4.98. The molecular formula is C15H14N4O3. The van der Waals surface area contributed by atoms with Crippen molar-refractivity contribution >= 4 is 34.4 Å². The van der Waals surface area contributed by atoms with E-state index in [1.54, 1.807) is 0 Å². The van der Waals surface area contributed by atoms with E-state index in [1.807, 2.05) is 24.3 Å². The topological polar surface area (TPSA) is 95.8 Å². The molecular weight excluding hydrogens is 284 g/mol. The fraction of sp³-hybridized carbons (Fsp3) is 0.267. The number of hydrogen-bond acceptors (Lipinski definition) is 5. The molecule has 22 heavy (non-hydrogen) atoms. The number of anilines is 1. The van der Waals surface area contributed by atoms with Gasteiger partial charge in [-0.3, -0.25) is 14.6 Å². The van der Waals surface area contributed by atoms with E-state index >= 15 is 0 Å². The Morgan fingerprint density at radius 2 is 2.00 bits per heavy atom. The van der Waals surface area contributed by atoms with Crippen molar-refractivity contribution in [2.45, 2.75) is 25.7 Å². The van der Waals surface area contributed by atoms with Crippen molar-refractivity contribution in [2.24, 2.45) is 5.10 Å². The first-order valence-corrected chi connectivity index (χ1v) is 6.96. The molecule has 7 nitrogen and oxygen atoms in total. The number of nitrogens with zero attached hydrogens (tertiary/aromatic N) is 4. The molecule has 0 saturated heterocycles. The predicted octanol–water partition coefficient (Wildman–Crippen LogP) is 1.98. The molecule has 0 atom stereocenters. The number of fused-ring (bicyclic) bond motifs is 1. The summed E-state index contributed by atoms with van der Waals surface area (Å²) in [6, 6.07) is 7.37. The average molecular weight is 298 g/mol. The van der Waals surface area contributed by atoms with Crippen LogP contribution in [0.3, 0.4) is 0 Å². The van der Waals surface area contributed by atoms with Gasteiger partial charge in [0.25, 0.3) is 0 Å². The van der Waals surface area contributed by atoms with Crippen LogP contribution in [-0.2, 0) is 9.59 Å². The first-order valence-electron chi connectivity index (χ1n) is 6.96. The molecule has 7 heteroatoms. The zero-order valence-corrected chi connectivity index (χ0v) is 11.8. The van der Waals surface area contributed by atoms with Crippen LogP contribution in [0.2, 0.25) is 0 Å². The smallest absolute Gasteiger partial charge is 0.303 e. The van der Waals surface area contributed by atoms with Gasteiger partial charge in [0.15, 0.2) is 5.82 Å². The standard InChI is InChI=1S/C15H14N4O3/c20-14-7-5-10(6-8-15(21)22)18-19(14)13-9-16-11-3-1-2-4-12(11)17-13/h1-4,9H,5-8H2,(H,21,22). The Balaban J connectivity index is 1.90. The van der Waals surface area contributed by atoms with Gasteiger partial charge in [0.2, 0.25) is 5.91 Å². The Bertz CT molecular complexity index is 772. The Morgan fingerprint density at radius 3 is 2.77 bits per heavy atom. The van der Waals surface area contributed by atoms with E-state index in [0.717, 1.165) is 5.52 Å². The van der Waals surface area contributed by atoms with Gasteiger partial charge in [-0.2, -0.15) is 10.1 Å². The molecule has 1 aliphatic rings. The summed E-state index contributed by atoms with van der Waals surface area (Å²) < 4.78 is 0. The summed E-state index contributed by atoms with van der Waals surface area (Å²) in [5.41, 5.74) is 2.11. The molecule has 0 unspecified atom stereocenters. The summed E-state index contributed by atoms with van der Waals surface area (Å²) >= 11 is 0. The van der Waals surface area contributed by atoms with E-state index in [4.69, 9.17) is 5.11 Å². The number of hydrazone groups is 1. The van der Waals surface area contributed by atoms with Gasteiger partial charge in [0.05, 0.1) is 23.7 Å². The molecule has 1 N–H and O–H groups in total. The van der Waals surface area contributed by atoms with Crippen LogP contribution in [0.25, 0.3) is 11.0 Å². The van der Waals surface area contributed by atoms with Crippen LogP contribution in [0, 0.1) is 0 Å². The van der Waals surface area contributed by atoms with E-state index in [2.05, 4.69) is 15.1 Å². The molecule has 2 heterocycles. The van der Waals surface area contributed by atoms with Gasteiger partial charge in [0, 0.05) is 12.1 Å². The first kappa shape index (κ1) is 14.1. The number of carboxylic acid groups (broad SMARTS) is 1. The average Bonchev–Trinajstić information content (AvgIpc) is 2.53. The van der Waals surface area contributed by atoms with Crippen LogP contribution in [0.1, 0.15) is 25.7 Å². The van der Waals surface area contributed by atoms with Crippen LogP contribution in [-0.4, -0.2) is 32.7 Å². The summed E-state index contributed by atoms with van der Waals surface area (Å²) in [5.74, 6) is -0.684. The van der Waals surface area contributed by atoms with Gasteiger partial charge in [-0.1, -0.05) is 12.1 Å². The van der Waals surface area contributed by atoms with Crippen molar-refractivity contribution in [3.63, 3.8) is 0 Å². The Morgan fingerprint density at radius 1 is 1.23 bits per heavy atom. The summed E-state index contributed by atoms with van der Waals surface area (Å²) in [6.45, 7) is 0. The van der Waals surface area contributed by atoms with E-state index in [0.29, 0.717) is 36.3 Å². The SMILES string of the molecule is O=C(O)CCC1=NN(c2cnc3ccccc3n2)C(=O)CC1. The van der Waals surface area contributed by atoms with E-state index in [-0.39, 0.29) is 12.3 Å². The maximum atomic E-state index is 12.0. The third kappa shape index (κ3) is 2.93. The lowest BCUT2D eigenvalue weighted by Gasteiger charge is -2.22. The van der Waals surface area contributed by atoms with Gasteiger partial charge in [-0.25, -0.2) is 4.98 Å². The molecule has 0 saturated carbocycles. The highest BCUT2D eigenvalue weighted by Crippen LogP contribution is 2.21. The minimum absolute atomic E-state index is 0.00423. The molecule has 0 bridgehead atoms. The Hall–Kier alpha value is -2.83. The summed E-state index contributed by atoms with van der Waals surface area (Å²) in [6.07, 6.45) is 2.63. The number of para-hydroxylation sites is 2. The predicted molar refractivity (Wildman–Crippen MR) is 80.6 cm³/mol. The Labute approximate surface area is 126 Å². The second kappa shape index (κ2) is 5.88. The number of aromatic nitrogens is 2. The quantitative estimate of drug-likeness (QED) is 0.931. The van der Waals surface area contributed by atoms with Gasteiger partial charge in [-0.15, -0.1) is 0 Å². The van der Waals surface area contributed by atoms with Gasteiger partial charge >= 0.3 is 5.97 Å².